The van der Waals surface area contributed by atoms with Gasteiger partial charge in [-0.05, 0) is 54.4 Å². The Kier molecular flexibility index (Phi) is 3.69. The van der Waals surface area contributed by atoms with Crippen LogP contribution in [-0.4, -0.2) is 39.9 Å². The lowest BCUT2D eigenvalue weighted by atomic mass is 10.1. The van der Waals surface area contributed by atoms with Crippen molar-refractivity contribution in [2.24, 2.45) is 5.92 Å². The summed E-state index contributed by atoms with van der Waals surface area (Å²) in [6.45, 7) is 2.86. The summed E-state index contributed by atoms with van der Waals surface area (Å²) in [6, 6.07) is 10.2. The Morgan fingerprint density at radius 3 is 3.00 bits per heavy atom. The van der Waals surface area contributed by atoms with Crippen molar-refractivity contribution in [2.75, 3.05) is 19.7 Å². The van der Waals surface area contributed by atoms with Gasteiger partial charge in [-0.3, -0.25) is 0 Å². The Balaban J connectivity index is 1.61. The van der Waals surface area contributed by atoms with E-state index in [1.165, 1.54) is 6.42 Å². The van der Waals surface area contributed by atoms with E-state index in [9.17, 15) is 0 Å². The Hall–Kier alpha value is -1.95. The summed E-state index contributed by atoms with van der Waals surface area (Å²) in [7, 11) is 0. The van der Waals surface area contributed by atoms with Crippen LogP contribution in [0.5, 0.6) is 6.01 Å². The smallest absolute Gasteiger partial charge is 0.340 e. The molecular weight excluding hydrogens is 242 g/mol. The molecule has 0 saturated carbocycles. The molecule has 1 N–H and O–H groups in total. The topological polar surface area (TPSA) is 64.9 Å². The lowest BCUT2D eigenvalue weighted by Gasteiger charge is -2.09. The number of rotatable bonds is 5. The van der Waals surface area contributed by atoms with Gasteiger partial charge < -0.3 is 10.1 Å². The summed E-state index contributed by atoms with van der Waals surface area (Å²) in [5.41, 5.74) is 0.907. The van der Waals surface area contributed by atoms with Gasteiger partial charge in [0.15, 0.2) is 0 Å². The van der Waals surface area contributed by atoms with Gasteiger partial charge in [0, 0.05) is 0 Å². The van der Waals surface area contributed by atoms with Crippen LogP contribution in [0.2, 0.25) is 0 Å². The maximum absolute atomic E-state index is 5.69. The predicted octanol–water partition coefficient (Wildman–Crippen LogP) is 1.04. The molecule has 100 valence electrons. The zero-order valence-corrected chi connectivity index (χ0v) is 10.7. The average molecular weight is 259 g/mol. The zero-order chi connectivity index (χ0) is 12.9. The highest BCUT2D eigenvalue weighted by Crippen LogP contribution is 2.15. The summed E-state index contributed by atoms with van der Waals surface area (Å²) in [5.74, 6) is 0.709. The molecule has 2 heterocycles. The molecule has 1 aromatic carbocycles. The van der Waals surface area contributed by atoms with Crippen LogP contribution in [0.4, 0.5) is 0 Å². The number of hydrogen-bond acceptors (Lipinski definition) is 5. The van der Waals surface area contributed by atoms with E-state index in [4.69, 9.17) is 4.74 Å². The third-order valence-electron chi connectivity index (χ3n) is 3.36. The van der Waals surface area contributed by atoms with E-state index in [1.54, 1.807) is 4.68 Å². The zero-order valence-electron chi connectivity index (χ0n) is 10.7. The van der Waals surface area contributed by atoms with Gasteiger partial charge in [0.05, 0.1) is 12.3 Å². The van der Waals surface area contributed by atoms with Crippen molar-refractivity contribution in [2.45, 2.75) is 12.8 Å². The average Bonchev–Trinajstić information content (AvgIpc) is 3.11. The lowest BCUT2D eigenvalue weighted by molar-refractivity contribution is 0.257. The first-order chi connectivity index (χ1) is 9.43. The van der Waals surface area contributed by atoms with E-state index in [-0.39, 0.29) is 0 Å². The third-order valence-corrected chi connectivity index (χ3v) is 3.36. The highest BCUT2D eigenvalue weighted by atomic mass is 16.5. The molecule has 1 aromatic heterocycles. The number of hydrogen-bond donors (Lipinski definition) is 1. The van der Waals surface area contributed by atoms with Crippen molar-refractivity contribution in [3.8, 4) is 11.7 Å². The molecular formula is C13H17N5O. The molecule has 0 spiro atoms. The van der Waals surface area contributed by atoms with Crippen molar-refractivity contribution in [1.29, 1.82) is 0 Å². The van der Waals surface area contributed by atoms with Crippen LogP contribution in [-0.2, 0) is 0 Å². The Bertz CT molecular complexity index is 507. The predicted molar refractivity (Wildman–Crippen MR) is 70.2 cm³/mol. The van der Waals surface area contributed by atoms with Gasteiger partial charge in [0.25, 0.3) is 0 Å². The number of para-hydroxylation sites is 1. The minimum Gasteiger partial charge on any atom is -0.462 e. The minimum atomic E-state index is 0.456. The largest absolute Gasteiger partial charge is 0.462 e. The van der Waals surface area contributed by atoms with Crippen LogP contribution in [0.1, 0.15) is 12.8 Å². The van der Waals surface area contributed by atoms with E-state index in [2.05, 4.69) is 20.8 Å². The number of tetrazole rings is 1. The van der Waals surface area contributed by atoms with Crippen LogP contribution in [0.25, 0.3) is 5.69 Å². The molecule has 0 radical (unpaired) electrons. The van der Waals surface area contributed by atoms with Crippen LogP contribution in [0, 0.1) is 5.92 Å². The van der Waals surface area contributed by atoms with E-state index >= 15 is 0 Å². The quantitative estimate of drug-likeness (QED) is 0.869. The van der Waals surface area contributed by atoms with Crippen molar-refractivity contribution in [1.82, 2.24) is 25.5 Å². The SMILES string of the molecule is c1ccc(-n2nnnc2OCCC2CCNC2)cc1. The molecule has 1 saturated heterocycles. The number of benzene rings is 1. The standard InChI is InChI=1S/C13H17N5O/c1-2-4-12(5-3-1)18-13(15-16-17-18)19-9-7-11-6-8-14-10-11/h1-5,11,14H,6-10H2. The molecule has 6 heteroatoms. The third kappa shape index (κ3) is 2.90. The Morgan fingerprint density at radius 2 is 2.21 bits per heavy atom. The van der Waals surface area contributed by atoms with E-state index in [0.717, 1.165) is 25.2 Å². The van der Waals surface area contributed by atoms with Crippen LogP contribution in [0.3, 0.4) is 0 Å². The number of nitrogens with one attached hydrogen (secondary N) is 1. The number of nitrogens with zero attached hydrogens (tertiary/aromatic N) is 4. The molecule has 1 unspecified atom stereocenters. The van der Waals surface area contributed by atoms with Crippen molar-refractivity contribution < 1.29 is 4.74 Å². The fourth-order valence-corrected chi connectivity index (χ4v) is 2.28. The van der Waals surface area contributed by atoms with Gasteiger partial charge >= 0.3 is 6.01 Å². The van der Waals surface area contributed by atoms with Crippen molar-refractivity contribution >= 4 is 0 Å². The summed E-state index contributed by atoms with van der Waals surface area (Å²) < 4.78 is 7.31. The number of aromatic nitrogens is 4. The van der Waals surface area contributed by atoms with Gasteiger partial charge in [-0.25, -0.2) is 0 Å². The molecule has 1 fully saturated rings. The first-order valence-corrected chi connectivity index (χ1v) is 6.61. The van der Waals surface area contributed by atoms with Crippen molar-refractivity contribution in [3.05, 3.63) is 30.3 Å². The first kappa shape index (κ1) is 12.1. The molecule has 3 rings (SSSR count). The Labute approximate surface area is 111 Å². The van der Waals surface area contributed by atoms with Gasteiger partial charge in [-0.1, -0.05) is 23.3 Å². The summed E-state index contributed by atoms with van der Waals surface area (Å²) in [5, 5.41) is 14.9. The van der Waals surface area contributed by atoms with E-state index in [0.29, 0.717) is 18.5 Å². The monoisotopic (exact) mass is 259 g/mol. The molecule has 0 aliphatic carbocycles. The fourth-order valence-electron chi connectivity index (χ4n) is 2.28. The molecule has 6 nitrogen and oxygen atoms in total. The summed E-state index contributed by atoms with van der Waals surface area (Å²) in [6.07, 6.45) is 2.27. The maximum atomic E-state index is 5.69. The van der Waals surface area contributed by atoms with Crippen LogP contribution in [0.15, 0.2) is 30.3 Å². The van der Waals surface area contributed by atoms with E-state index < -0.39 is 0 Å². The highest BCUT2D eigenvalue weighted by molar-refractivity contribution is 5.31. The maximum Gasteiger partial charge on any atom is 0.340 e. The lowest BCUT2D eigenvalue weighted by Crippen LogP contribution is -2.13. The second kappa shape index (κ2) is 5.79. The minimum absolute atomic E-state index is 0.456. The van der Waals surface area contributed by atoms with Gasteiger partial charge in [-0.15, -0.1) is 0 Å². The molecule has 1 aliphatic rings. The summed E-state index contributed by atoms with van der Waals surface area (Å²) in [4.78, 5) is 0. The van der Waals surface area contributed by atoms with Gasteiger partial charge in [0.2, 0.25) is 0 Å². The molecule has 1 aliphatic heterocycles. The second-order valence-electron chi connectivity index (χ2n) is 4.70. The summed E-state index contributed by atoms with van der Waals surface area (Å²) >= 11 is 0. The van der Waals surface area contributed by atoms with Crippen molar-refractivity contribution in [3.63, 3.8) is 0 Å². The van der Waals surface area contributed by atoms with Gasteiger partial charge in [-0.2, -0.15) is 4.68 Å². The first-order valence-electron chi connectivity index (χ1n) is 6.61. The molecule has 0 bridgehead atoms. The normalized spacial score (nSPS) is 18.6. The molecule has 2 aromatic rings. The molecule has 0 amide bonds. The van der Waals surface area contributed by atoms with Crippen LogP contribution < -0.4 is 10.1 Å². The van der Waals surface area contributed by atoms with E-state index in [1.807, 2.05) is 30.3 Å². The molecule has 1 atom stereocenters. The fraction of sp³-hybridized carbons (Fsp3) is 0.462. The number of ether oxygens (including phenoxy) is 1. The Morgan fingerprint density at radius 1 is 1.32 bits per heavy atom. The highest BCUT2D eigenvalue weighted by Gasteiger charge is 2.15. The van der Waals surface area contributed by atoms with Gasteiger partial charge in [0.1, 0.15) is 0 Å². The van der Waals surface area contributed by atoms with Crippen LogP contribution >= 0.6 is 0 Å². The second-order valence-corrected chi connectivity index (χ2v) is 4.70. The molecule has 19 heavy (non-hydrogen) atoms.